The van der Waals surface area contributed by atoms with Crippen molar-refractivity contribution in [2.45, 2.75) is 44.1 Å². The van der Waals surface area contributed by atoms with Crippen LogP contribution >= 0.6 is 0 Å². The molecule has 2 nitrogen and oxygen atoms in total. The minimum absolute atomic E-state index is 0.363. The van der Waals surface area contributed by atoms with Crippen LogP contribution in [0.5, 0.6) is 0 Å². The quantitative estimate of drug-likeness (QED) is 0.250. The van der Waals surface area contributed by atoms with Gasteiger partial charge in [-0.25, -0.2) is 0 Å². The van der Waals surface area contributed by atoms with Crippen molar-refractivity contribution >= 4 is 6.29 Å². The molecule has 74 valence electrons. The number of allylic oxidation sites excluding steroid dienone is 1. The van der Waals surface area contributed by atoms with E-state index in [4.69, 9.17) is 4.74 Å². The molecule has 0 aromatic carbocycles. The lowest BCUT2D eigenvalue weighted by molar-refractivity contribution is -0.112. The highest BCUT2D eigenvalue weighted by atomic mass is 16.6. The number of carbonyl (C=O) groups is 1. The molecule has 0 N–H and O–H groups in total. The molecule has 1 rings (SSSR count). The van der Waals surface area contributed by atoms with E-state index in [1.807, 2.05) is 6.08 Å². The van der Waals surface area contributed by atoms with Crippen LogP contribution in [0, 0.1) is 0 Å². The summed E-state index contributed by atoms with van der Waals surface area (Å²) in [6.45, 7) is 4.32. The van der Waals surface area contributed by atoms with Gasteiger partial charge in [0, 0.05) is 0 Å². The van der Waals surface area contributed by atoms with Gasteiger partial charge in [-0.1, -0.05) is 25.3 Å². The second-order valence-corrected chi connectivity index (χ2v) is 3.71. The lowest BCUT2D eigenvalue weighted by Crippen LogP contribution is -2.11. The summed E-state index contributed by atoms with van der Waals surface area (Å²) in [4.78, 5) is 10.5. The van der Waals surface area contributed by atoms with Crippen molar-refractivity contribution in [1.82, 2.24) is 0 Å². The van der Waals surface area contributed by atoms with Gasteiger partial charge in [-0.15, -0.1) is 6.58 Å². The van der Waals surface area contributed by atoms with E-state index in [1.165, 1.54) is 19.3 Å². The van der Waals surface area contributed by atoms with Crippen LogP contribution in [-0.2, 0) is 9.53 Å². The van der Waals surface area contributed by atoms with Crippen molar-refractivity contribution in [3.8, 4) is 0 Å². The lowest BCUT2D eigenvalue weighted by atomic mass is 10.0. The molecular weight excluding hydrogens is 164 g/mol. The molecule has 0 spiro atoms. The normalized spacial score (nSPS) is 25.5. The van der Waals surface area contributed by atoms with Crippen LogP contribution in [0.2, 0.25) is 0 Å². The third-order valence-corrected chi connectivity index (χ3v) is 2.49. The summed E-state index contributed by atoms with van der Waals surface area (Å²) in [5.41, 5.74) is -0.363. The van der Waals surface area contributed by atoms with E-state index < -0.39 is 0 Å². The van der Waals surface area contributed by atoms with E-state index in [2.05, 4.69) is 6.58 Å². The van der Waals surface area contributed by atoms with Gasteiger partial charge in [0.25, 0.3) is 0 Å². The van der Waals surface area contributed by atoms with Gasteiger partial charge in [0.1, 0.15) is 5.60 Å². The van der Waals surface area contributed by atoms with E-state index in [1.54, 1.807) is 0 Å². The summed E-state index contributed by atoms with van der Waals surface area (Å²) >= 11 is 0. The molecule has 1 fully saturated rings. The summed E-state index contributed by atoms with van der Waals surface area (Å²) < 4.78 is 5.09. The number of hydrogen-bond donors (Lipinski definition) is 0. The number of carbonyl (C=O) groups excluding carboxylic acids is 1. The topological polar surface area (TPSA) is 29.6 Å². The Morgan fingerprint density at radius 2 is 2.00 bits per heavy atom. The first-order chi connectivity index (χ1) is 6.33. The highest BCUT2D eigenvalue weighted by Crippen LogP contribution is 2.30. The highest BCUT2D eigenvalue weighted by molar-refractivity contribution is 5.66. The molecule has 0 bridgehead atoms. The zero-order chi connectivity index (χ0) is 9.57. The molecule has 0 radical (unpaired) electrons. The van der Waals surface area contributed by atoms with Crippen molar-refractivity contribution in [3.05, 3.63) is 12.7 Å². The van der Waals surface area contributed by atoms with Crippen LogP contribution in [0.1, 0.15) is 38.5 Å². The monoisotopic (exact) mass is 182 g/mol. The Bertz CT molecular complexity index is 171. The summed E-state index contributed by atoms with van der Waals surface area (Å²) in [6, 6.07) is 0. The Balaban J connectivity index is 1.89. The molecule has 0 aromatic rings. The largest absolute Gasteiger partial charge is 0.362 e. The molecule has 0 saturated carbocycles. The maximum atomic E-state index is 10.5. The van der Waals surface area contributed by atoms with Crippen LogP contribution in [0.15, 0.2) is 12.7 Å². The van der Waals surface area contributed by atoms with Crippen molar-refractivity contribution in [1.29, 1.82) is 0 Å². The molecular formula is C11H18O2. The van der Waals surface area contributed by atoms with E-state index in [0.717, 1.165) is 25.5 Å². The molecule has 1 atom stereocenters. The summed E-state index contributed by atoms with van der Waals surface area (Å²) in [5.74, 6) is 0. The molecule has 2 heteroatoms. The van der Waals surface area contributed by atoms with Crippen LogP contribution in [0.25, 0.3) is 0 Å². The molecule has 1 aliphatic rings. The minimum atomic E-state index is -0.363. The first-order valence-electron chi connectivity index (χ1n) is 5.04. The molecule has 1 heterocycles. The minimum Gasteiger partial charge on any atom is -0.362 e. The standard InChI is InChI=1S/C11H18O2/c1-2-3-4-5-6-7-8-11(9-12)10-13-11/h2,9H,1,3-8,10H2/t11-/m1/s1. The maximum absolute atomic E-state index is 10.5. The predicted molar refractivity (Wildman–Crippen MR) is 52.6 cm³/mol. The smallest absolute Gasteiger partial charge is 0.154 e. The van der Waals surface area contributed by atoms with Gasteiger partial charge < -0.3 is 9.53 Å². The summed E-state index contributed by atoms with van der Waals surface area (Å²) in [6.07, 6.45) is 9.69. The number of ether oxygens (including phenoxy) is 1. The first-order valence-corrected chi connectivity index (χ1v) is 5.04. The van der Waals surface area contributed by atoms with E-state index in [9.17, 15) is 4.79 Å². The second-order valence-electron chi connectivity index (χ2n) is 3.71. The van der Waals surface area contributed by atoms with Gasteiger partial charge in [0.05, 0.1) is 6.61 Å². The maximum Gasteiger partial charge on any atom is 0.154 e. The molecule has 1 saturated heterocycles. The van der Waals surface area contributed by atoms with E-state index in [0.29, 0.717) is 6.61 Å². The Labute approximate surface area is 80.0 Å². The molecule has 0 aromatic heterocycles. The number of rotatable bonds is 8. The second kappa shape index (κ2) is 5.18. The SMILES string of the molecule is C=CCCCCCC[C@@]1(C=O)CO1. The molecule has 13 heavy (non-hydrogen) atoms. The first kappa shape index (κ1) is 10.5. The van der Waals surface area contributed by atoms with Gasteiger partial charge in [0.15, 0.2) is 6.29 Å². The summed E-state index contributed by atoms with van der Waals surface area (Å²) in [7, 11) is 0. The van der Waals surface area contributed by atoms with E-state index in [-0.39, 0.29) is 5.60 Å². The van der Waals surface area contributed by atoms with Crippen LogP contribution in [-0.4, -0.2) is 18.5 Å². The zero-order valence-corrected chi connectivity index (χ0v) is 8.13. The number of epoxide rings is 1. The lowest BCUT2D eigenvalue weighted by Gasteiger charge is -2.02. The van der Waals surface area contributed by atoms with Gasteiger partial charge in [-0.3, -0.25) is 0 Å². The van der Waals surface area contributed by atoms with Gasteiger partial charge in [-0.2, -0.15) is 0 Å². The fourth-order valence-corrected chi connectivity index (χ4v) is 1.43. The Morgan fingerprint density at radius 3 is 2.54 bits per heavy atom. The van der Waals surface area contributed by atoms with Crippen molar-refractivity contribution in [2.24, 2.45) is 0 Å². The van der Waals surface area contributed by atoms with Gasteiger partial charge in [0.2, 0.25) is 0 Å². The highest BCUT2D eigenvalue weighted by Gasteiger charge is 2.43. The van der Waals surface area contributed by atoms with Crippen molar-refractivity contribution < 1.29 is 9.53 Å². The molecule has 1 aliphatic heterocycles. The molecule has 0 amide bonds. The Hall–Kier alpha value is -0.630. The zero-order valence-electron chi connectivity index (χ0n) is 8.13. The third-order valence-electron chi connectivity index (χ3n) is 2.49. The average Bonchev–Trinajstić information content (AvgIpc) is 2.92. The Kier molecular flexibility index (Phi) is 4.16. The summed E-state index contributed by atoms with van der Waals surface area (Å²) in [5, 5.41) is 0. The Morgan fingerprint density at radius 1 is 1.31 bits per heavy atom. The number of aldehydes is 1. The third kappa shape index (κ3) is 3.73. The average molecular weight is 182 g/mol. The molecule has 0 unspecified atom stereocenters. The van der Waals surface area contributed by atoms with Crippen molar-refractivity contribution in [2.75, 3.05) is 6.61 Å². The van der Waals surface area contributed by atoms with Gasteiger partial charge in [-0.05, 0) is 19.3 Å². The van der Waals surface area contributed by atoms with Crippen molar-refractivity contribution in [3.63, 3.8) is 0 Å². The molecule has 0 aliphatic carbocycles. The number of hydrogen-bond acceptors (Lipinski definition) is 2. The van der Waals surface area contributed by atoms with Crippen LogP contribution in [0.3, 0.4) is 0 Å². The fraction of sp³-hybridized carbons (Fsp3) is 0.727. The predicted octanol–water partition coefficient (Wildman–Crippen LogP) is 2.48. The fourth-order valence-electron chi connectivity index (χ4n) is 1.43. The number of unbranched alkanes of at least 4 members (excludes halogenated alkanes) is 4. The van der Waals surface area contributed by atoms with Crippen LogP contribution < -0.4 is 0 Å². The van der Waals surface area contributed by atoms with E-state index >= 15 is 0 Å². The van der Waals surface area contributed by atoms with Gasteiger partial charge >= 0.3 is 0 Å². The van der Waals surface area contributed by atoms with Crippen LogP contribution in [0.4, 0.5) is 0 Å².